The number of amides is 1. The van der Waals surface area contributed by atoms with E-state index in [1.165, 1.54) is 19.1 Å². The van der Waals surface area contributed by atoms with Gasteiger partial charge in [0, 0.05) is 10.6 Å². The Morgan fingerprint density at radius 1 is 1.12 bits per heavy atom. The Labute approximate surface area is 152 Å². The summed E-state index contributed by atoms with van der Waals surface area (Å²) >= 11 is 0.760. The number of thioether (sulfide) groups is 1. The van der Waals surface area contributed by atoms with Gasteiger partial charge in [-0.3, -0.25) is 9.59 Å². The Hall–Kier alpha value is -2.48. The first kappa shape index (κ1) is 19.8. The van der Waals surface area contributed by atoms with Gasteiger partial charge in [0.2, 0.25) is 0 Å². The van der Waals surface area contributed by atoms with Gasteiger partial charge in [0.15, 0.2) is 6.10 Å². The maximum absolute atomic E-state index is 13.5. The molecule has 1 amide bonds. The summed E-state index contributed by atoms with van der Waals surface area (Å²) in [6, 6.07) is 7.08. The molecule has 0 spiro atoms. The van der Waals surface area contributed by atoms with Gasteiger partial charge in [0.25, 0.3) is 5.91 Å². The third-order valence-corrected chi connectivity index (χ3v) is 4.36. The van der Waals surface area contributed by atoms with Crippen molar-refractivity contribution >= 4 is 29.3 Å². The molecule has 138 valence electrons. The number of esters is 1. The van der Waals surface area contributed by atoms with Crippen molar-refractivity contribution in [3.63, 3.8) is 0 Å². The molecule has 0 radical (unpaired) electrons. The smallest absolute Gasteiger partial charge is 0.317 e. The van der Waals surface area contributed by atoms with E-state index in [2.05, 4.69) is 5.32 Å². The lowest BCUT2D eigenvalue weighted by Gasteiger charge is -2.14. The van der Waals surface area contributed by atoms with Gasteiger partial charge in [-0.05, 0) is 49.7 Å². The third kappa shape index (κ3) is 5.52. The number of aryl methyl sites for hydroxylation is 1. The maximum atomic E-state index is 13.5. The summed E-state index contributed by atoms with van der Waals surface area (Å²) in [5.74, 6) is -3.45. The van der Waals surface area contributed by atoms with Crippen molar-refractivity contribution in [2.24, 2.45) is 0 Å². The van der Waals surface area contributed by atoms with E-state index < -0.39 is 35.4 Å². The van der Waals surface area contributed by atoms with Crippen LogP contribution in [0.25, 0.3) is 0 Å². The van der Waals surface area contributed by atoms with Crippen LogP contribution in [-0.4, -0.2) is 23.7 Å². The van der Waals surface area contributed by atoms with Crippen molar-refractivity contribution < 1.29 is 27.5 Å². The SMILES string of the molecule is Cc1ccc(NC(=O)[C@@H](C)OC(=O)CSc2cc(F)ccc2F)cc1F. The van der Waals surface area contributed by atoms with E-state index in [-0.39, 0.29) is 16.3 Å². The fraction of sp³-hybridized carbons (Fsp3) is 0.222. The molecule has 2 rings (SSSR count). The molecule has 0 aliphatic carbocycles. The van der Waals surface area contributed by atoms with Crippen LogP contribution in [0.15, 0.2) is 41.3 Å². The molecule has 26 heavy (non-hydrogen) atoms. The molecule has 2 aromatic rings. The zero-order valence-electron chi connectivity index (χ0n) is 14.0. The molecule has 0 fully saturated rings. The lowest BCUT2D eigenvalue weighted by molar-refractivity contribution is -0.150. The molecule has 8 heteroatoms. The number of carbonyl (C=O) groups excluding carboxylic acids is 2. The summed E-state index contributed by atoms with van der Waals surface area (Å²) in [5.41, 5.74) is 0.668. The summed E-state index contributed by atoms with van der Waals surface area (Å²) < 4.78 is 45.0. The second-order valence-electron chi connectivity index (χ2n) is 5.45. The average Bonchev–Trinajstić information content (AvgIpc) is 2.59. The summed E-state index contributed by atoms with van der Waals surface area (Å²) in [6.45, 7) is 2.94. The standard InChI is InChI=1S/C18H16F3NO3S/c1-10-3-5-13(8-15(10)21)22-18(24)11(2)25-17(23)9-26-16-7-12(19)4-6-14(16)20/h3-8,11H,9H2,1-2H3,(H,22,24)/t11-/m1/s1. The highest BCUT2D eigenvalue weighted by Crippen LogP contribution is 2.23. The van der Waals surface area contributed by atoms with Crippen LogP contribution in [0.3, 0.4) is 0 Å². The summed E-state index contributed by atoms with van der Waals surface area (Å²) in [6.07, 6.45) is -1.13. The van der Waals surface area contributed by atoms with Gasteiger partial charge in [0.1, 0.15) is 17.5 Å². The first-order chi connectivity index (χ1) is 12.3. The summed E-state index contributed by atoms with van der Waals surface area (Å²) in [4.78, 5) is 23.7. The molecule has 0 bridgehead atoms. The second kappa shape index (κ2) is 8.75. The van der Waals surface area contributed by atoms with Crippen molar-refractivity contribution in [2.75, 3.05) is 11.1 Å². The highest BCUT2D eigenvalue weighted by Gasteiger charge is 2.19. The lowest BCUT2D eigenvalue weighted by Crippen LogP contribution is -2.30. The summed E-state index contributed by atoms with van der Waals surface area (Å²) in [5, 5.41) is 2.43. The molecule has 0 heterocycles. The van der Waals surface area contributed by atoms with Crippen LogP contribution in [0, 0.1) is 24.4 Å². The van der Waals surface area contributed by atoms with E-state index >= 15 is 0 Å². The molecule has 0 aliphatic rings. The minimum absolute atomic E-state index is 0.0332. The first-order valence-corrected chi connectivity index (χ1v) is 8.59. The number of anilines is 1. The molecule has 0 unspecified atom stereocenters. The highest BCUT2D eigenvalue weighted by atomic mass is 32.2. The second-order valence-corrected chi connectivity index (χ2v) is 6.47. The number of hydrogen-bond acceptors (Lipinski definition) is 4. The Morgan fingerprint density at radius 3 is 2.54 bits per heavy atom. The quantitative estimate of drug-likeness (QED) is 0.603. The average molecular weight is 383 g/mol. The predicted molar refractivity (Wildman–Crippen MR) is 92.4 cm³/mol. The van der Waals surface area contributed by atoms with Crippen LogP contribution < -0.4 is 5.32 Å². The van der Waals surface area contributed by atoms with Crippen LogP contribution in [0.4, 0.5) is 18.9 Å². The van der Waals surface area contributed by atoms with Crippen LogP contribution in [0.5, 0.6) is 0 Å². The monoisotopic (exact) mass is 383 g/mol. The van der Waals surface area contributed by atoms with E-state index in [1.54, 1.807) is 6.92 Å². The molecule has 0 saturated heterocycles. The van der Waals surface area contributed by atoms with Crippen LogP contribution in [0.2, 0.25) is 0 Å². The van der Waals surface area contributed by atoms with E-state index in [0.717, 1.165) is 36.0 Å². The van der Waals surface area contributed by atoms with Gasteiger partial charge in [-0.15, -0.1) is 11.8 Å². The normalized spacial score (nSPS) is 11.7. The number of nitrogens with one attached hydrogen (secondary N) is 1. The van der Waals surface area contributed by atoms with E-state index in [9.17, 15) is 22.8 Å². The molecule has 4 nitrogen and oxygen atoms in total. The maximum Gasteiger partial charge on any atom is 0.317 e. The van der Waals surface area contributed by atoms with Crippen LogP contribution >= 0.6 is 11.8 Å². The topological polar surface area (TPSA) is 55.4 Å². The lowest BCUT2D eigenvalue weighted by atomic mass is 10.2. The van der Waals surface area contributed by atoms with Crippen LogP contribution in [-0.2, 0) is 14.3 Å². The van der Waals surface area contributed by atoms with Gasteiger partial charge in [-0.25, -0.2) is 13.2 Å². The van der Waals surface area contributed by atoms with E-state index in [4.69, 9.17) is 4.74 Å². The van der Waals surface area contributed by atoms with Crippen LogP contribution in [0.1, 0.15) is 12.5 Å². The highest BCUT2D eigenvalue weighted by molar-refractivity contribution is 8.00. The number of carbonyl (C=O) groups is 2. The zero-order chi connectivity index (χ0) is 19.3. The van der Waals surface area contributed by atoms with E-state index in [0.29, 0.717) is 5.56 Å². The van der Waals surface area contributed by atoms with Crippen molar-refractivity contribution in [1.82, 2.24) is 0 Å². The molecule has 0 saturated carbocycles. The Morgan fingerprint density at radius 2 is 1.85 bits per heavy atom. The Kier molecular flexibility index (Phi) is 6.68. The zero-order valence-corrected chi connectivity index (χ0v) is 14.8. The summed E-state index contributed by atoms with van der Waals surface area (Å²) in [7, 11) is 0. The predicted octanol–water partition coefficient (Wildman–Crippen LogP) is 4.07. The molecule has 2 aromatic carbocycles. The number of hydrogen-bond donors (Lipinski definition) is 1. The molecular weight excluding hydrogens is 367 g/mol. The van der Waals surface area contributed by atoms with Crippen molar-refractivity contribution in [3.05, 3.63) is 59.4 Å². The third-order valence-electron chi connectivity index (χ3n) is 3.36. The first-order valence-electron chi connectivity index (χ1n) is 7.60. The molecule has 0 aliphatic heterocycles. The minimum Gasteiger partial charge on any atom is -0.452 e. The van der Waals surface area contributed by atoms with E-state index in [1.807, 2.05) is 0 Å². The number of rotatable bonds is 6. The fourth-order valence-electron chi connectivity index (χ4n) is 1.92. The molecule has 1 N–H and O–H groups in total. The minimum atomic E-state index is -1.13. The van der Waals surface area contributed by atoms with Gasteiger partial charge in [-0.1, -0.05) is 6.07 Å². The van der Waals surface area contributed by atoms with Gasteiger partial charge >= 0.3 is 5.97 Å². The van der Waals surface area contributed by atoms with Crippen molar-refractivity contribution in [1.29, 1.82) is 0 Å². The molecule has 0 aromatic heterocycles. The van der Waals surface area contributed by atoms with Gasteiger partial charge in [0.05, 0.1) is 5.75 Å². The van der Waals surface area contributed by atoms with Crippen molar-refractivity contribution in [3.8, 4) is 0 Å². The molecular formula is C18H16F3NO3S. The number of halogens is 3. The van der Waals surface area contributed by atoms with Gasteiger partial charge < -0.3 is 10.1 Å². The largest absolute Gasteiger partial charge is 0.452 e. The van der Waals surface area contributed by atoms with Crippen molar-refractivity contribution in [2.45, 2.75) is 24.8 Å². The molecule has 1 atom stereocenters. The Bertz CT molecular complexity index is 829. The number of benzene rings is 2. The van der Waals surface area contributed by atoms with Gasteiger partial charge in [-0.2, -0.15) is 0 Å². The fourth-order valence-corrected chi connectivity index (χ4v) is 2.67. The number of ether oxygens (including phenoxy) is 1. The Balaban J connectivity index is 1.86.